The summed E-state index contributed by atoms with van der Waals surface area (Å²) in [5.41, 5.74) is 6.12. The molecule has 3 N–H and O–H groups in total. The van der Waals surface area contributed by atoms with Gasteiger partial charge in [-0.3, -0.25) is 0 Å². The van der Waals surface area contributed by atoms with E-state index in [9.17, 15) is 9.50 Å². The Morgan fingerprint density at radius 3 is 2.88 bits per heavy atom. The van der Waals surface area contributed by atoms with Crippen LogP contribution in [0.15, 0.2) is 22.7 Å². The van der Waals surface area contributed by atoms with E-state index < -0.39 is 6.17 Å². The van der Waals surface area contributed by atoms with Crippen LogP contribution in [0.1, 0.15) is 24.5 Å². The standard InChI is InChI=1S/C11H12FN3O2/c1-6(12)8-4-7(2-3-9(8)16)11-14-10(5-13)17-15-11/h2-4,6,16H,5,13H2,1H3. The number of alkyl halides is 1. The second-order valence-electron chi connectivity index (χ2n) is 3.61. The lowest BCUT2D eigenvalue weighted by molar-refractivity contribution is 0.356. The van der Waals surface area contributed by atoms with Gasteiger partial charge < -0.3 is 15.4 Å². The van der Waals surface area contributed by atoms with E-state index in [1.54, 1.807) is 6.07 Å². The molecule has 0 radical (unpaired) electrons. The van der Waals surface area contributed by atoms with Gasteiger partial charge in [0.05, 0.1) is 6.54 Å². The Bertz CT molecular complexity index is 525. The summed E-state index contributed by atoms with van der Waals surface area (Å²) in [6, 6.07) is 4.48. The quantitative estimate of drug-likeness (QED) is 0.851. The maximum atomic E-state index is 13.2. The highest BCUT2D eigenvalue weighted by Gasteiger charge is 2.13. The largest absolute Gasteiger partial charge is 0.508 e. The van der Waals surface area contributed by atoms with Crippen LogP contribution in [0, 0.1) is 0 Å². The van der Waals surface area contributed by atoms with Crippen molar-refractivity contribution in [3.8, 4) is 17.1 Å². The number of aromatic nitrogens is 2. The fourth-order valence-electron chi connectivity index (χ4n) is 1.47. The number of nitrogens with zero attached hydrogens (tertiary/aromatic N) is 2. The van der Waals surface area contributed by atoms with Crippen LogP contribution in [0.2, 0.25) is 0 Å². The Hall–Kier alpha value is -1.95. The number of benzene rings is 1. The first kappa shape index (κ1) is 11.5. The Kier molecular flexibility index (Phi) is 3.06. The molecule has 0 saturated heterocycles. The molecule has 0 aliphatic rings. The van der Waals surface area contributed by atoms with Crippen LogP contribution in [0.4, 0.5) is 4.39 Å². The summed E-state index contributed by atoms with van der Waals surface area (Å²) in [7, 11) is 0. The fraction of sp³-hybridized carbons (Fsp3) is 0.273. The molecular weight excluding hydrogens is 225 g/mol. The van der Waals surface area contributed by atoms with Gasteiger partial charge in [0.2, 0.25) is 11.7 Å². The zero-order valence-electron chi connectivity index (χ0n) is 9.22. The molecule has 1 atom stereocenters. The number of aromatic hydroxyl groups is 1. The lowest BCUT2D eigenvalue weighted by atomic mass is 10.1. The summed E-state index contributed by atoms with van der Waals surface area (Å²) in [4.78, 5) is 4.02. The minimum absolute atomic E-state index is 0.0914. The highest BCUT2D eigenvalue weighted by atomic mass is 19.1. The molecule has 0 aliphatic heterocycles. The van der Waals surface area contributed by atoms with Gasteiger partial charge in [0.1, 0.15) is 11.9 Å². The monoisotopic (exact) mass is 237 g/mol. The molecule has 0 saturated carbocycles. The molecule has 90 valence electrons. The maximum Gasteiger partial charge on any atom is 0.240 e. The topological polar surface area (TPSA) is 85.2 Å². The first-order valence-electron chi connectivity index (χ1n) is 5.12. The van der Waals surface area contributed by atoms with E-state index in [4.69, 9.17) is 10.3 Å². The minimum Gasteiger partial charge on any atom is -0.508 e. The van der Waals surface area contributed by atoms with Crippen molar-refractivity contribution >= 4 is 0 Å². The molecular formula is C11H12FN3O2. The van der Waals surface area contributed by atoms with Crippen LogP contribution in [0.25, 0.3) is 11.4 Å². The molecule has 2 rings (SSSR count). The zero-order valence-corrected chi connectivity index (χ0v) is 9.22. The van der Waals surface area contributed by atoms with Crippen molar-refractivity contribution in [3.05, 3.63) is 29.7 Å². The van der Waals surface area contributed by atoms with Crippen LogP contribution >= 0.6 is 0 Å². The van der Waals surface area contributed by atoms with Crippen molar-refractivity contribution in [2.75, 3.05) is 0 Å². The van der Waals surface area contributed by atoms with Crippen LogP contribution in [0.5, 0.6) is 5.75 Å². The van der Waals surface area contributed by atoms with Gasteiger partial charge in [-0.1, -0.05) is 5.16 Å². The highest BCUT2D eigenvalue weighted by molar-refractivity contribution is 5.58. The first-order valence-corrected chi connectivity index (χ1v) is 5.12. The average Bonchev–Trinajstić information content (AvgIpc) is 2.78. The Morgan fingerprint density at radius 1 is 1.53 bits per heavy atom. The number of rotatable bonds is 3. The Morgan fingerprint density at radius 2 is 2.29 bits per heavy atom. The Labute approximate surface area is 97.1 Å². The van der Waals surface area contributed by atoms with Crippen LogP contribution in [-0.4, -0.2) is 15.2 Å². The van der Waals surface area contributed by atoms with Gasteiger partial charge in [-0.25, -0.2) is 4.39 Å². The molecule has 0 bridgehead atoms. The number of phenolic OH excluding ortho intramolecular Hbond substituents is 1. The van der Waals surface area contributed by atoms with Gasteiger partial charge in [0.25, 0.3) is 0 Å². The van der Waals surface area contributed by atoms with E-state index >= 15 is 0 Å². The fourth-order valence-corrected chi connectivity index (χ4v) is 1.47. The summed E-state index contributed by atoms with van der Waals surface area (Å²) in [5.74, 6) is 0.543. The number of hydrogen-bond donors (Lipinski definition) is 2. The second kappa shape index (κ2) is 4.50. The van der Waals surface area contributed by atoms with Crippen molar-refractivity contribution in [2.24, 2.45) is 5.73 Å². The van der Waals surface area contributed by atoms with Gasteiger partial charge >= 0.3 is 0 Å². The molecule has 1 unspecified atom stereocenters. The third kappa shape index (κ3) is 2.26. The Balaban J connectivity index is 2.42. The third-order valence-corrected chi connectivity index (χ3v) is 2.36. The summed E-state index contributed by atoms with van der Waals surface area (Å²) in [5, 5.41) is 13.2. The normalized spacial score (nSPS) is 12.6. The lowest BCUT2D eigenvalue weighted by Crippen LogP contribution is -1.95. The van der Waals surface area contributed by atoms with Crippen molar-refractivity contribution in [1.82, 2.24) is 10.1 Å². The number of hydrogen-bond acceptors (Lipinski definition) is 5. The predicted octanol–water partition coefficient (Wildman–Crippen LogP) is 1.93. The van der Waals surface area contributed by atoms with Crippen molar-refractivity contribution in [1.29, 1.82) is 0 Å². The molecule has 0 aliphatic carbocycles. The van der Waals surface area contributed by atoms with Gasteiger partial charge in [0.15, 0.2) is 0 Å². The van der Waals surface area contributed by atoms with E-state index in [1.807, 2.05) is 0 Å². The molecule has 0 spiro atoms. The van der Waals surface area contributed by atoms with Gasteiger partial charge in [0, 0.05) is 11.1 Å². The third-order valence-electron chi connectivity index (χ3n) is 2.36. The summed E-state index contributed by atoms with van der Waals surface area (Å²) < 4.78 is 18.1. The highest BCUT2D eigenvalue weighted by Crippen LogP contribution is 2.30. The molecule has 1 aromatic heterocycles. The molecule has 0 fully saturated rings. The van der Waals surface area contributed by atoms with Crippen LogP contribution < -0.4 is 5.73 Å². The van der Waals surface area contributed by atoms with E-state index in [-0.39, 0.29) is 17.9 Å². The number of nitrogens with two attached hydrogens (primary N) is 1. The first-order chi connectivity index (χ1) is 8.11. The summed E-state index contributed by atoms with van der Waals surface area (Å²) in [6.45, 7) is 1.50. The second-order valence-corrected chi connectivity index (χ2v) is 3.61. The lowest BCUT2D eigenvalue weighted by Gasteiger charge is -2.06. The number of halogens is 1. The summed E-state index contributed by atoms with van der Waals surface area (Å²) >= 11 is 0. The maximum absolute atomic E-state index is 13.2. The summed E-state index contributed by atoms with van der Waals surface area (Å²) in [6.07, 6.45) is -1.27. The van der Waals surface area contributed by atoms with E-state index in [0.717, 1.165) is 0 Å². The SMILES string of the molecule is CC(F)c1cc(-c2noc(CN)n2)ccc1O. The van der Waals surface area contributed by atoms with Gasteiger partial charge in [-0.2, -0.15) is 4.98 Å². The van der Waals surface area contributed by atoms with E-state index in [0.29, 0.717) is 17.3 Å². The average molecular weight is 237 g/mol. The molecule has 17 heavy (non-hydrogen) atoms. The van der Waals surface area contributed by atoms with Crippen molar-refractivity contribution in [3.63, 3.8) is 0 Å². The minimum atomic E-state index is -1.27. The van der Waals surface area contributed by atoms with E-state index in [1.165, 1.54) is 19.1 Å². The number of phenols is 1. The predicted molar refractivity (Wildman–Crippen MR) is 58.8 cm³/mol. The molecule has 0 amide bonds. The molecule has 1 aromatic carbocycles. The molecule has 6 heteroatoms. The van der Waals surface area contributed by atoms with Gasteiger partial charge in [-0.15, -0.1) is 0 Å². The molecule has 1 heterocycles. The van der Waals surface area contributed by atoms with Crippen molar-refractivity contribution in [2.45, 2.75) is 19.6 Å². The zero-order chi connectivity index (χ0) is 12.4. The van der Waals surface area contributed by atoms with Crippen LogP contribution in [0.3, 0.4) is 0 Å². The van der Waals surface area contributed by atoms with Gasteiger partial charge in [-0.05, 0) is 25.1 Å². The van der Waals surface area contributed by atoms with Crippen LogP contribution in [-0.2, 0) is 6.54 Å². The smallest absolute Gasteiger partial charge is 0.240 e. The van der Waals surface area contributed by atoms with E-state index in [2.05, 4.69) is 10.1 Å². The van der Waals surface area contributed by atoms with Crippen molar-refractivity contribution < 1.29 is 14.0 Å². The molecule has 2 aromatic rings. The molecule has 5 nitrogen and oxygen atoms in total.